The fourth-order valence-electron chi connectivity index (χ4n) is 3.99. The number of aromatic nitrogens is 2. The molecule has 0 aliphatic carbocycles. The number of rotatable bonds is 6. The molecule has 2 aromatic carbocycles. The van der Waals surface area contributed by atoms with Gasteiger partial charge in [0.2, 0.25) is 0 Å². The second-order valence-corrected chi connectivity index (χ2v) is 8.94. The van der Waals surface area contributed by atoms with Gasteiger partial charge in [0.05, 0.1) is 43.6 Å². The highest BCUT2D eigenvalue weighted by atomic mass is 19.1. The van der Waals surface area contributed by atoms with Gasteiger partial charge in [-0.25, -0.2) is 22.4 Å². The summed E-state index contributed by atoms with van der Waals surface area (Å²) in [7, 11) is 2.82. The van der Waals surface area contributed by atoms with Crippen LogP contribution in [0.25, 0.3) is 27.4 Å². The Labute approximate surface area is 221 Å². The number of ether oxygens (including phenoxy) is 2. The predicted octanol–water partition coefficient (Wildman–Crippen LogP) is 7.13. The standard InChI is InChI=1S/C29H20F4N4O2/c1-29(2,24-12-15(38-4)10-22(36-24)17-6-8-20(30)19(14-34)26(17)32)25-13-16(39-5)11-23(37-25)18-7-9-21(31)28(35-3)27(18)33/h6-13H,1-2,4-5H3. The number of benzene rings is 2. The minimum absolute atomic E-state index is 0.0841. The molecule has 0 aliphatic heterocycles. The summed E-state index contributed by atoms with van der Waals surface area (Å²) >= 11 is 0. The molecule has 0 saturated heterocycles. The van der Waals surface area contributed by atoms with E-state index in [1.807, 2.05) is 0 Å². The molecule has 0 atom stereocenters. The van der Waals surface area contributed by atoms with Gasteiger partial charge in [-0.1, -0.05) is 0 Å². The van der Waals surface area contributed by atoms with Gasteiger partial charge in [0.1, 0.15) is 40.6 Å². The molecular formula is C29H20F4N4O2. The number of pyridine rings is 2. The van der Waals surface area contributed by atoms with E-state index in [1.165, 1.54) is 44.6 Å². The molecule has 0 amide bonds. The van der Waals surface area contributed by atoms with Gasteiger partial charge < -0.3 is 9.47 Å². The Balaban J connectivity index is 1.92. The maximum Gasteiger partial charge on any atom is 0.257 e. The maximum atomic E-state index is 15.0. The van der Waals surface area contributed by atoms with Crippen LogP contribution in [0.5, 0.6) is 11.5 Å². The van der Waals surface area contributed by atoms with Gasteiger partial charge in [0, 0.05) is 40.8 Å². The van der Waals surface area contributed by atoms with Crippen molar-refractivity contribution >= 4 is 5.69 Å². The number of halogens is 4. The number of methoxy groups -OCH3 is 2. The lowest BCUT2D eigenvalue weighted by molar-refractivity contribution is 0.409. The van der Waals surface area contributed by atoms with Crippen molar-refractivity contribution in [2.75, 3.05) is 14.2 Å². The molecule has 0 fully saturated rings. The largest absolute Gasteiger partial charge is 0.497 e. The van der Waals surface area contributed by atoms with Crippen molar-refractivity contribution in [3.05, 3.63) is 100 Å². The third kappa shape index (κ3) is 4.85. The third-order valence-electron chi connectivity index (χ3n) is 6.28. The highest BCUT2D eigenvalue weighted by molar-refractivity contribution is 5.69. The van der Waals surface area contributed by atoms with E-state index in [0.29, 0.717) is 22.9 Å². The van der Waals surface area contributed by atoms with Gasteiger partial charge in [0.25, 0.3) is 5.69 Å². The van der Waals surface area contributed by atoms with Gasteiger partial charge in [0.15, 0.2) is 5.82 Å². The summed E-state index contributed by atoms with van der Waals surface area (Å²) in [6, 6.07) is 12.0. The van der Waals surface area contributed by atoms with Crippen molar-refractivity contribution in [3.63, 3.8) is 0 Å². The van der Waals surface area contributed by atoms with Crippen LogP contribution in [-0.4, -0.2) is 24.2 Å². The topological polar surface area (TPSA) is 72.4 Å². The summed E-state index contributed by atoms with van der Waals surface area (Å²) in [5, 5.41) is 9.18. The van der Waals surface area contributed by atoms with Crippen LogP contribution >= 0.6 is 0 Å². The van der Waals surface area contributed by atoms with Crippen molar-refractivity contribution in [1.82, 2.24) is 9.97 Å². The van der Waals surface area contributed by atoms with Gasteiger partial charge in [-0.05, 0) is 38.1 Å². The fraction of sp³-hybridized carbons (Fsp3) is 0.172. The van der Waals surface area contributed by atoms with Crippen molar-refractivity contribution in [2.24, 2.45) is 0 Å². The molecular weight excluding hydrogens is 512 g/mol. The molecule has 6 nitrogen and oxygen atoms in total. The Kier molecular flexibility index (Phi) is 7.24. The average molecular weight is 532 g/mol. The molecule has 4 aromatic rings. The zero-order valence-corrected chi connectivity index (χ0v) is 21.2. The Bertz CT molecular complexity index is 1570. The van der Waals surface area contributed by atoms with Crippen LogP contribution in [-0.2, 0) is 5.41 Å². The van der Waals surface area contributed by atoms with E-state index in [0.717, 1.165) is 12.1 Å². The molecule has 39 heavy (non-hydrogen) atoms. The molecule has 4 rings (SSSR count). The van der Waals surface area contributed by atoms with Crippen LogP contribution in [0.3, 0.4) is 0 Å². The Morgan fingerprint density at radius 3 is 1.74 bits per heavy atom. The summed E-state index contributed by atoms with van der Waals surface area (Å²) in [5.41, 5.74) is -1.85. The first-order chi connectivity index (χ1) is 18.5. The summed E-state index contributed by atoms with van der Waals surface area (Å²) in [5.74, 6) is -3.50. The predicted molar refractivity (Wildman–Crippen MR) is 135 cm³/mol. The smallest absolute Gasteiger partial charge is 0.257 e. The number of hydrogen-bond acceptors (Lipinski definition) is 5. The second-order valence-electron chi connectivity index (χ2n) is 8.94. The highest BCUT2D eigenvalue weighted by Crippen LogP contribution is 2.38. The van der Waals surface area contributed by atoms with Crippen LogP contribution in [0.2, 0.25) is 0 Å². The molecule has 10 heteroatoms. The zero-order chi connectivity index (χ0) is 28.5. The molecule has 0 bridgehead atoms. The van der Waals surface area contributed by atoms with E-state index in [1.54, 1.807) is 26.0 Å². The quantitative estimate of drug-likeness (QED) is 0.195. The second kappa shape index (κ2) is 10.4. The van der Waals surface area contributed by atoms with Crippen LogP contribution in [0.4, 0.5) is 23.2 Å². The molecule has 0 radical (unpaired) electrons. The van der Waals surface area contributed by atoms with Gasteiger partial charge in [-0.2, -0.15) is 5.26 Å². The first-order valence-corrected chi connectivity index (χ1v) is 11.4. The van der Waals surface area contributed by atoms with E-state index in [2.05, 4.69) is 14.8 Å². The van der Waals surface area contributed by atoms with E-state index < -0.39 is 39.9 Å². The minimum Gasteiger partial charge on any atom is -0.497 e. The SMILES string of the molecule is [C-]#[N+]c1c(F)ccc(-c2cc(OC)cc(C(C)(C)c3cc(OC)cc(-c4ccc(F)c(C#N)c4F)n3)n2)c1F. The molecule has 0 N–H and O–H groups in total. The summed E-state index contributed by atoms with van der Waals surface area (Å²) in [6.07, 6.45) is 0. The maximum absolute atomic E-state index is 15.0. The van der Waals surface area contributed by atoms with Crippen LogP contribution in [0, 0.1) is 41.2 Å². The first kappa shape index (κ1) is 27.1. The number of hydrogen-bond donors (Lipinski definition) is 0. The van der Waals surface area contributed by atoms with Gasteiger partial charge in [-0.3, -0.25) is 9.97 Å². The number of nitriles is 1. The highest BCUT2D eigenvalue weighted by Gasteiger charge is 2.30. The molecule has 0 unspecified atom stereocenters. The molecule has 0 spiro atoms. The lowest BCUT2D eigenvalue weighted by atomic mass is 9.83. The van der Waals surface area contributed by atoms with E-state index in [9.17, 15) is 14.0 Å². The summed E-state index contributed by atoms with van der Waals surface area (Å²) in [4.78, 5) is 12.1. The lowest BCUT2D eigenvalue weighted by Gasteiger charge is -2.26. The van der Waals surface area contributed by atoms with Crippen molar-refractivity contribution in [3.8, 4) is 40.1 Å². The Morgan fingerprint density at radius 2 is 1.28 bits per heavy atom. The summed E-state index contributed by atoms with van der Waals surface area (Å²) < 4.78 is 68.7. The molecule has 2 aromatic heterocycles. The average Bonchev–Trinajstić information content (AvgIpc) is 2.93. The van der Waals surface area contributed by atoms with Gasteiger partial charge in [-0.15, -0.1) is 0 Å². The molecule has 2 heterocycles. The van der Waals surface area contributed by atoms with Gasteiger partial charge >= 0.3 is 0 Å². The minimum atomic E-state index is -1.06. The molecule has 0 aliphatic rings. The van der Waals surface area contributed by atoms with Crippen LogP contribution < -0.4 is 9.47 Å². The van der Waals surface area contributed by atoms with E-state index >= 15 is 8.78 Å². The first-order valence-electron chi connectivity index (χ1n) is 11.4. The molecule has 196 valence electrons. The van der Waals surface area contributed by atoms with Crippen molar-refractivity contribution in [2.45, 2.75) is 19.3 Å². The molecule has 0 saturated carbocycles. The normalized spacial score (nSPS) is 11.0. The Morgan fingerprint density at radius 1 is 0.795 bits per heavy atom. The monoisotopic (exact) mass is 532 g/mol. The van der Waals surface area contributed by atoms with E-state index in [-0.39, 0.29) is 22.5 Å². The fourth-order valence-corrected chi connectivity index (χ4v) is 3.99. The lowest BCUT2D eigenvalue weighted by Crippen LogP contribution is -2.23. The Hall–Kier alpha value is -4.96. The zero-order valence-electron chi connectivity index (χ0n) is 21.2. The number of nitrogens with zero attached hydrogens (tertiary/aromatic N) is 4. The van der Waals surface area contributed by atoms with E-state index in [4.69, 9.17) is 16.0 Å². The van der Waals surface area contributed by atoms with Crippen molar-refractivity contribution < 1.29 is 27.0 Å². The third-order valence-corrected chi connectivity index (χ3v) is 6.28. The van der Waals surface area contributed by atoms with Crippen LogP contribution in [0.15, 0.2) is 48.5 Å². The van der Waals surface area contributed by atoms with Crippen molar-refractivity contribution in [1.29, 1.82) is 5.26 Å². The van der Waals surface area contributed by atoms with Crippen LogP contribution in [0.1, 0.15) is 30.8 Å². The summed E-state index contributed by atoms with van der Waals surface area (Å²) in [6.45, 7) is 10.6.